The van der Waals surface area contributed by atoms with E-state index in [0.717, 1.165) is 36.9 Å². The fourth-order valence-corrected chi connectivity index (χ4v) is 3.58. The smallest absolute Gasteiger partial charge is 0.0597 e. The van der Waals surface area contributed by atoms with E-state index < -0.39 is 0 Å². The van der Waals surface area contributed by atoms with Crippen LogP contribution in [0.3, 0.4) is 0 Å². The molecule has 1 aliphatic carbocycles. The largest absolute Gasteiger partial charge is 0.377 e. The van der Waals surface area contributed by atoms with Crippen LogP contribution in [0.5, 0.6) is 0 Å². The number of piperidine rings is 1. The molecule has 0 aromatic heterocycles. The maximum absolute atomic E-state index is 5.64. The molecule has 2 aliphatic rings. The van der Waals surface area contributed by atoms with E-state index in [1.54, 1.807) is 0 Å². The van der Waals surface area contributed by atoms with Gasteiger partial charge in [0.25, 0.3) is 0 Å². The summed E-state index contributed by atoms with van der Waals surface area (Å²) < 4.78 is 5.64. The van der Waals surface area contributed by atoms with Crippen LogP contribution in [0, 0.1) is 17.8 Å². The lowest BCUT2D eigenvalue weighted by atomic mass is 9.85. The van der Waals surface area contributed by atoms with Gasteiger partial charge in [-0.05, 0) is 44.4 Å². The van der Waals surface area contributed by atoms with Crippen molar-refractivity contribution in [1.29, 1.82) is 0 Å². The highest BCUT2D eigenvalue weighted by molar-refractivity contribution is 4.97. The summed E-state index contributed by atoms with van der Waals surface area (Å²) in [7, 11) is 0. The summed E-state index contributed by atoms with van der Waals surface area (Å²) in [5.74, 6) is 2.85. The van der Waals surface area contributed by atoms with Gasteiger partial charge in [-0.2, -0.15) is 0 Å². The van der Waals surface area contributed by atoms with Gasteiger partial charge in [-0.25, -0.2) is 0 Å². The molecule has 1 saturated carbocycles. The molecule has 1 heterocycles. The minimum absolute atomic E-state index is 0.378. The third kappa shape index (κ3) is 2.60. The van der Waals surface area contributed by atoms with Crippen molar-refractivity contribution in [3.8, 4) is 0 Å². The van der Waals surface area contributed by atoms with E-state index >= 15 is 0 Å². The summed E-state index contributed by atoms with van der Waals surface area (Å²) in [6, 6.07) is 0.869. The molecule has 0 radical (unpaired) electrons. The SMILES string of the molecule is CC(C)OCCN1CC2CC1CC2C(C)C. The van der Waals surface area contributed by atoms with Crippen molar-refractivity contribution < 1.29 is 4.74 Å². The van der Waals surface area contributed by atoms with E-state index in [4.69, 9.17) is 4.74 Å². The van der Waals surface area contributed by atoms with Crippen molar-refractivity contribution in [1.82, 2.24) is 4.90 Å². The number of nitrogens with zero attached hydrogens (tertiary/aromatic N) is 1. The highest BCUT2D eigenvalue weighted by atomic mass is 16.5. The van der Waals surface area contributed by atoms with Gasteiger partial charge >= 0.3 is 0 Å². The summed E-state index contributed by atoms with van der Waals surface area (Å²) in [5, 5.41) is 0. The van der Waals surface area contributed by atoms with Gasteiger partial charge in [-0.15, -0.1) is 0 Å². The molecule has 0 aromatic rings. The Morgan fingerprint density at radius 1 is 1.19 bits per heavy atom. The molecular formula is C14H27NO. The normalized spacial score (nSPS) is 34.5. The first-order valence-electron chi connectivity index (χ1n) is 6.93. The molecule has 3 atom stereocenters. The molecule has 0 amide bonds. The second kappa shape index (κ2) is 5.05. The molecule has 2 fully saturated rings. The van der Waals surface area contributed by atoms with Crippen molar-refractivity contribution >= 4 is 0 Å². The zero-order valence-corrected chi connectivity index (χ0v) is 11.3. The summed E-state index contributed by atoms with van der Waals surface area (Å²) >= 11 is 0. The molecule has 0 N–H and O–H groups in total. The number of rotatable bonds is 5. The van der Waals surface area contributed by atoms with Crippen LogP contribution in [0.4, 0.5) is 0 Å². The fraction of sp³-hybridized carbons (Fsp3) is 1.00. The molecule has 1 aliphatic heterocycles. The third-order valence-corrected chi connectivity index (χ3v) is 4.40. The molecule has 0 aromatic carbocycles. The molecule has 0 spiro atoms. The van der Waals surface area contributed by atoms with Crippen LogP contribution in [-0.4, -0.2) is 36.7 Å². The monoisotopic (exact) mass is 225 g/mol. The summed E-state index contributed by atoms with van der Waals surface area (Å²) in [6.45, 7) is 12.4. The van der Waals surface area contributed by atoms with Crippen LogP contribution < -0.4 is 0 Å². The van der Waals surface area contributed by atoms with Crippen molar-refractivity contribution in [2.75, 3.05) is 19.7 Å². The van der Waals surface area contributed by atoms with Crippen molar-refractivity contribution in [2.45, 2.75) is 52.7 Å². The van der Waals surface area contributed by atoms with E-state index in [9.17, 15) is 0 Å². The highest BCUT2D eigenvalue weighted by Crippen LogP contribution is 2.45. The highest BCUT2D eigenvalue weighted by Gasteiger charge is 2.44. The first-order valence-corrected chi connectivity index (χ1v) is 6.93. The minimum Gasteiger partial charge on any atom is -0.377 e. The average Bonchev–Trinajstić information content (AvgIpc) is 2.75. The van der Waals surface area contributed by atoms with Gasteiger partial charge < -0.3 is 4.74 Å². The third-order valence-electron chi connectivity index (χ3n) is 4.40. The number of ether oxygens (including phenoxy) is 1. The zero-order valence-electron chi connectivity index (χ0n) is 11.3. The van der Waals surface area contributed by atoms with E-state index in [0.29, 0.717) is 6.10 Å². The summed E-state index contributed by atoms with van der Waals surface area (Å²) in [4.78, 5) is 2.66. The predicted molar refractivity (Wildman–Crippen MR) is 67.5 cm³/mol. The van der Waals surface area contributed by atoms with Crippen LogP contribution in [0.1, 0.15) is 40.5 Å². The first-order chi connectivity index (χ1) is 7.58. The average molecular weight is 225 g/mol. The quantitative estimate of drug-likeness (QED) is 0.713. The lowest BCUT2D eigenvalue weighted by molar-refractivity contribution is 0.0456. The van der Waals surface area contributed by atoms with Gasteiger partial charge in [0.15, 0.2) is 0 Å². The number of fused-ring (bicyclic) bond motifs is 2. The first kappa shape index (κ1) is 12.4. The lowest BCUT2D eigenvalue weighted by Gasteiger charge is -2.33. The molecular weight excluding hydrogens is 198 g/mol. The second-order valence-corrected chi connectivity index (χ2v) is 6.21. The van der Waals surface area contributed by atoms with Crippen LogP contribution in [-0.2, 0) is 4.74 Å². The Morgan fingerprint density at radius 2 is 1.94 bits per heavy atom. The zero-order chi connectivity index (χ0) is 11.7. The number of likely N-dealkylation sites (tertiary alicyclic amines) is 1. The summed E-state index contributed by atoms with van der Waals surface area (Å²) in [6.07, 6.45) is 3.26. The Hall–Kier alpha value is -0.0800. The molecule has 2 heteroatoms. The molecule has 1 saturated heterocycles. The van der Waals surface area contributed by atoms with E-state index in [-0.39, 0.29) is 0 Å². The Labute approximate surface area is 100 Å². The maximum Gasteiger partial charge on any atom is 0.0597 e. The molecule has 2 bridgehead atoms. The van der Waals surface area contributed by atoms with Gasteiger partial charge in [-0.1, -0.05) is 13.8 Å². The lowest BCUT2D eigenvalue weighted by Crippen LogP contribution is -2.39. The predicted octanol–water partition coefficient (Wildman–Crippen LogP) is 2.78. The van der Waals surface area contributed by atoms with Crippen LogP contribution in [0.25, 0.3) is 0 Å². The van der Waals surface area contributed by atoms with Gasteiger partial charge in [-0.3, -0.25) is 4.90 Å². The van der Waals surface area contributed by atoms with Crippen LogP contribution >= 0.6 is 0 Å². The summed E-state index contributed by atoms with van der Waals surface area (Å²) in [5.41, 5.74) is 0. The number of hydrogen-bond donors (Lipinski definition) is 0. The Morgan fingerprint density at radius 3 is 2.44 bits per heavy atom. The Bertz CT molecular complexity index is 227. The van der Waals surface area contributed by atoms with Crippen LogP contribution in [0.15, 0.2) is 0 Å². The van der Waals surface area contributed by atoms with Crippen molar-refractivity contribution in [3.63, 3.8) is 0 Å². The Kier molecular flexibility index (Phi) is 3.91. The van der Waals surface area contributed by atoms with Crippen molar-refractivity contribution in [3.05, 3.63) is 0 Å². The maximum atomic E-state index is 5.64. The Balaban J connectivity index is 1.73. The van der Waals surface area contributed by atoms with E-state index in [2.05, 4.69) is 32.6 Å². The fourth-order valence-electron chi connectivity index (χ4n) is 3.58. The van der Waals surface area contributed by atoms with Gasteiger partial charge in [0.05, 0.1) is 12.7 Å². The topological polar surface area (TPSA) is 12.5 Å². The van der Waals surface area contributed by atoms with Crippen molar-refractivity contribution in [2.24, 2.45) is 17.8 Å². The van der Waals surface area contributed by atoms with E-state index in [1.165, 1.54) is 19.4 Å². The van der Waals surface area contributed by atoms with Gasteiger partial charge in [0.1, 0.15) is 0 Å². The molecule has 3 unspecified atom stereocenters. The molecule has 94 valence electrons. The standard InChI is InChI=1S/C14H27NO/c1-10(2)14-8-13-7-12(14)9-15(13)5-6-16-11(3)4/h10-14H,5-9H2,1-4H3. The number of hydrogen-bond acceptors (Lipinski definition) is 2. The van der Waals surface area contributed by atoms with Crippen LogP contribution in [0.2, 0.25) is 0 Å². The second-order valence-electron chi connectivity index (χ2n) is 6.21. The molecule has 16 heavy (non-hydrogen) atoms. The molecule has 2 nitrogen and oxygen atoms in total. The van der Waals surface area contributed by atoms with Gasteiger partial charge in [0, 0.05) is 19.1 Å². The molecule has 2 rings (SSSR count). The van der Waals surface area contributed by atoms with Gasteiger partial charge in [0.2, 0.25) is 0 Å². The van der Waals surface area contributed by atoms with E-state index in [1.807, 2.05) is 0 Å². The minimum atomic E-state index is 0.378.